The lowest BCUT2D eigenvalue weighted by Gasteiger charge is -2.07. The number of hydrogen-bond acceptors (Lipinski definition) is 4. The Morgan fingerprint density at radius 3 is 2.30 bits per heavy atom. The number of nitrogens with one attached hydrogen (secondary N) is 1. The van der Waals surface area contributed by atoms with E-state index in [0.29, 0.717) is 16.5 Å². The third-order valence-electron chi connectivity index (χ3n) is 4.33. The maximum absolute atomic E-state index is 12.8. The Morgan fingerprint density at radius 2 is 1.67 bits per heavy atom. The first-order valence-corrected chi connectivity index (χ1v) is 10.1. The molecule has 1 amide bonds. The highest BCUT2D eigenvalue weighted by Crippen LogP contribution is 2.25. The van der Waals surface area contributed by atoms with Crippen molar-refractivity contribution in [1.29, 1.82) is 0 Å². The number of rotatable bonds is 5. The van der Waals surface area contributed by atoms with Gasteiger partial charge in [-0.25, -0.2) is 9.67 Å². The molecule has 0 atom stereocenters. The van der Waals surface area contributed by atoms with Crippen molar-refractivity contribution < 1.29 is 9.53 Å². The Balaban J connectivity index is 1.73. The molecule has 4 rings (SSSR count). The molecule has 0 saturated heterocycles. The van der Waals surface area contributed by atoms with Crippen LogP contribution in [0, 0.1) is 0 Å². The number of amides is 1. The zero-order valence-corrected chi connectivity index (χ0v) is 18.2. The molecule has 1 heterocycles. The summed E-state index contributed by atoms with van der Waals surface area (Å²) in [5, 5.41) is 7.85. The van der Waals surface area contributed by atoms with Crippen molar-refractivity contribution in [2.24, 2.45) is 0 Å². The standard InChI is InChI=1S/C22H16BrClN4O2/c1-30-19-12-10-18(11-13-19)28-21(14-2-4-15(23)5-3-14)26-20(27-28)22(29)25-17-8-6-16(24)7-9-17/h2-13H,1H3,(H,25,29). The van der Waals surface area contributed by atoms with Gasteiger partial charge in [0.25, 0.3) is 5.91 Å². The van der Waals surface area contributed by atoms with Gasteiger partial charge in [0.2, 0.25) is 5.82 Å². The fourth-order valence-corrected chi connectivity index (χ4v) is 3.21. The van der Waals surface area contributed by atoms with Crippen molar-refractivity contribution >= 4 is 39.1 Å². The Labute approximate surface area is 186 Å². The average molecular weight is 484 g/mol. The molecular weight excluding hydrogens is 468 g/mol. The average Bonchev–Trinajstić information content (AvgIpc) is 3.21. The van der Waals surface area contributed by atoms with E-state index in [0.717, 1.165) is 21.5 Å². The molecule has 0 aliphatic carbocycles. The van der Waals surface area contributed by atoms with Crippen LogP contribution in [-0.2, 0) is 0 Å². The molecule has 6 nitrogen and oxygen atoms in total. The van der Waals surface area contributed by atoms with Crippen molar-refractivity contribution in [2.45, 2.75) is 0 Å². The molecule has 0 bridgehead atoms. The third-order valence-corrected chi connectivity index (χ3v) is 5.11. The van der Waals surface area contributed by atoms with E-state index in [-0.39, 0.29) is 5.82 Å². The van der Waals surface area contributed by atoms with Gasteiger partial charge in [0.1, 0.15) is 5.75 Å². The number of methoxy groups -OCH3 is 1. The maximum Gasteiger partial charge on any atom is 0.295 e. The van der Waals surface area contributed by atoms with Gasteiger partial charge >= 0.3 is 0 Å². The number of benzene rings is 3. The van der Waals surface area contributed by atoms with Crippen molar-refractivity contribution in [3.05, 3.63) is 88.1 Å². The molecule has 8 heteroatoms. The van der Waals surface area contributed by atoms with Crippen molar-refractivity contribution in [3.63, 3.8) is 0 Å². The predicted molar refractivity (Wildman–Crippen MR) is 120 cm³/mol. The number of hydrogen-bond donors (Lipinski definition) is 1. The topological polar surface area (TPSA) is 69.0 Å². The highest BCUT2D eigenvalue weighted by atomic mass is 79.9. The summed E-state index contributed by atoms with van der Waals surface area (Å²) in [5.41, 5.74) is 2.19. The van der Waals surface area contributed by atoms with Gasteiger partial charge in [0.05, 0.1) is 12.8 Å². The van der Waals surface area contributed by atoms with Crippen LogP contribution in [0.1, 0.15) is 10.6 Å². The maximum atomic E-state index is 12.8. The third kappa shape index (κ3) is 4.37. The number of halogens is 2. The van der Waals surface area contributed by atoms with E-state index < -0.39 is 5.91 Å². The molecule has 0 radical (unpaired) electrons. The minimum absolute atomic E-state index is 0.0543. The number of aromatic nitrogens is 3. The Morgan fingerprint density at radius 1 is 1.00 bits per heavy atom. The van der Waals surface area contributed by atoms with Crippen LogP contribution in [-0.4, -0.2) is 27.8 Å². The van der Waals surface area contributed by atoms with Gasteiger partial charge in [-0.2, -0.15) is 0 Å². The van der Waals surface area contributed by atoms with Gasteiger partial charge in [-0.1, -0.05) is 39.7 Å². The number of anilines is 1. The van der Waals surface area contributed by atoms with E-state index in [1.54, 1.807) is 36.1 Å². The highest BCUT2D eigenvalue weighted by molar-refractivity contribution is 9.10. The van der Waals surface area contributed by atoms with Gasteiger partial charge in [-0.05, 0) is 60.7 Å². The van der Waals surface area contributed by atoms with Crippen LogP contribution in [0.15, 0.2) is 77.3 Å². The largest absolute Gasteiger partial charge is 0.497 e. The fourth-order valence-electron chi connectivity index (χ4n) is 2.82. The molecule has 1 N–H and O–H groups in total. The Bertz CT molecular complexity index is 1170. The summed E-state index contributed by atoms with van der Waals surface area (Å²) in [6.07, 6.45) is 0. The van der Waals surface area contributed by atoms with Gasteiger partial charge in [0.15, 0.2) is 5.82 Å². The lowest BCUT2D eigenvalue weighted by atomic mass is 10.2. The van der Waals surface area contributed by atoms with Gasteiger partial charge in [0, 0.05) is 20.7 Å². The van der Waals surface area contributed by atoms with Crippen LogP contribution in [0.5, 0.6) is 5.75 Å². The van der Waals surface area contributed by atoms with Crippen LogP contribution in [0.4, 0.5) is 5.69 Å². The van der Waals surface area contributed by atoms with Crippen LogP contribution in [0.2, 0.25) is 5.02 Å². The van der Waals surface area contributed by atoms with E-state index in [9.17, 15) is 4.79 Å². The quantitative estimate of drug-likeness (QED) is 0.400. The molecule has 0 spiro atoms. The summed E-state index contributed by atoms with van der Waals surface area (Å²) in [5.74, 6) is 0.917. The summed E-state index contributed by atoms with van der Waals surface area (Å²) in [6.45, 7) is 0. The minimum atomic E-state index is -0.414. The summed E-state index contributed by atoms with van der Waals surface area (Å²) in [6, 6.07) is 21.9. The smallest absolute Gasteiger partial charge is 0.295 e. The second-order valence-electron chi connectivity index (χ2n) is 6.34. The zero-order valence-electron chi connectivity index (χ0n) is 15.8. The number of carbonyl (C=O) groups excluding carboxylic acids is 1. The molecule has 0 aliphatic rings. The van der Waals surface area contributed by atoms with Crippen LogP contribution < -0.4 is 10.1 Å². The molecule has 0 fully saturated rings. The fraction of sp³-hybridized carbons (Fsp3) is 0.0455. The molecule has 4 aromatic rings. The van der Waals surface area contributed by atoms with Gasteiger partial charge < -0.3 is 10.1 Å². The number of nitrogens with zero attached hydrogens (tertiary/aromatic N) is 3. The Hall–Kier alpha value is -3.16. The molecule has 0 unspecified atom stereocenters. The summed E-state index contributed by atoms with van der Waals surface area (Å²) in [7, 11) is 1.61. The molecular formula is C22H16BrClN4O2. The van der Waals surface area contributed by atoms with Crippen LogP contribution >= 0.6 is 27.5 Å². The predicted octanol–water partition coefficient (Wildman–Crippen LogP) is 5.61. The van der Waals surface area contributed by atoms with Gasteiger partial charge in [-0.3, -0.25) is 4.79 Å². The lowest BCUT2D eigenvalue weighted by Crippen LogP contribution is -2.14. The summed E-state index contributed by atoms with van der Waals surface area (Å²) in [4.78, 5) is 17.3. The number of carbonyl (C=O) groups is 1. The highest BCUT2D eigenvalue weighted by Gasteiger charge is 2.19. The first-order chi connectivity index (χ1) is 14.5. The van der Waals surface area contributed by atoms with Crippen LogP contribution in [0.25, 0.3) is 17.1 Å². The zero-order chi connectivity index (χ0) is 21.1. The molecule has 30 heavy (non-hydrogen) atoms. The van der Waals surface area contributed by atoms with Crippen molar-refractivity contribution in [1.82, 2.24) is 14.8 Å². The summed E-state index contributed by atoms with van der Waals surface area (Å²) < 4.78 is 7.81. The number of ether oxygens (including phenoxy) is 1. The normalized spacial score (nSPS) is 10.6. The first kappa shape index (κ1) is 20.1. The molecule has 0 aliphatic heterocycles. The van der Waals surface area contributed by atoms with E-state index in [1.165, 1.54) is 0 Å². The van der Waals surface area contributed by atoms with Crippen LogP contribution in [0.3, 0.4) is 0 Å². The second kappa shape index (κ2) is 8.69. The summed E-state index contributed by atoms with van der Waals surface area (Å²) >= 11 is 9.34. The minimum Gasteiger partial charge on any atom is -0.497 e. The van der Waals surface area contributed by atoms with E-state index in [4.69, 9.17) is 16.3 Å². The van der Waals surface area contributed by atoms with E-state index in [1.807, 2.05) is 48.5 Å². The molecule has 150 valence electrons. The molecule has 1 aromatic heterocycles. The molecule has 3 aromatic carbocycles. The molecule has 0 saturated carbocycles. The SMILES string of the molecule is COc1ccc(-n2nc(C(=O)Nc3ccc(Cl)cc3)nc2-c2ccc(Br)cc2)cc1. The monoisotopic (exact) mass is 482 g/mol. The van der Waals surface area contributed by atoms with Crippen molar-refractivity contribution in [2.75, 3.05) is 12.4 Å². The first-order valence-electron chi connectivity index (χ1n) is 8.98. The van der Waals surface area contributed by atoms with E-state index >= 15 is 0 Å². The second-order valence-corrected chi connectivity index (χ2v) is 7.69. The van der Waals surface area contributed by atoms with Gasteiger partial charge in [-0.15, -0.1) is 5.10 Å². The Kier molecular flexibility index (Phi) is 5.83. The van der Waals surface area contributed by atoms with Crippen molar-refractivity contribution in [3.8, 4) is 22.8 Å². The van der Waals surface area contributed by atoms with E-state index in [2.05, 4.69) is 31.3 Å². The lowest BCUT2D eigenvalue weighted by molar-refractivity contribution is 0.101.